The fraction of sp³-hybridized carbons (Fsp3) is 0.462. The molecule has 2 rings (SSSR count). The first-order valence-electron chi connectivity index (χ1n) is 5.76. The fourth-order valence-corrected chi connectivity index (χ4v) is 2.28. The molecule has 0 aliphatic heterocycles. The molecular formula is C13H16O4. The lowest BCUT2D eigenvalue weighted by molar-refractivity contribution is -0.137. The summed E-state index contributed by atoms with van der Waals surface area (Å²) in [5.74, 6) is -0.103. The molecule has 4 heteroatoms. The molecule has 1 aromatic rings. The molecule has 0 saturated heterocycles. The quantitative estimate of drug-likeness (QED) is 0.823. The van der Waals surface area contributed by atoms with Gasteiger partial charge in [0.1, 0.15) is 11.5 Å². The molecule has 0 bridgehead atoms. The van der Waals surface area contributed by atoms with Gasteiger partial charge in [0.2, 0.25) is 0 Å². The molecular weight excluding hydrogens is 220 g/mol. The molecule has 17 heavy (non-hydrogen) atoms. The number of hydrogen-bond acceptors (Lipinski definition) is 3. The van der Waals surface area contributed by atoms with Gasteiger partial charge < -0.3 is 14.9 Å². The van der Waals surface area contributed by atoms with E-state index in [1.165, 1.54) is 0 Å². The minimum absolute atomic E-state index is 0.0463. The highest BCUT2D eigenvalue weighted by molar-refractivity contribution is 5.71. The normalized spacial score (nSPS) is 16.5. The van der Waals surface area contributed by atoms with Gasteiger partial charge >= 0.3 is 5.97 Å². The number of carbonyl (C=O) groups is 1. The first-order valence-corrected chi connectivity index (χ1v) is 5.76. The van der Waals surface area contributed by atoms with Gasteiger partial charge in [0, 0.05) is 11.0 Å². The molecule has 0 heterocycles. The smallest absolute Gasteiger partial charge is 0.304 e. The van der Waals surface area contributed by atoms with Crippen molar-refractivity contribution in [2.24, 2.45) is 0 Å². The second-order valence-electron chi connectivity index (χ2n) is 4.43. The molecule has 1 fully saturated rings. The Morgan fingerprint density at radius 3 is 2.71 bits per heavy atom. The van der Waals surface area contributed by atoms with Crippen molar-refractivity contribution < 1.29 is 19.7 Å². The second kappa shape index (κ2) is 4.28. The van der Waals surface area contributed by atoms with Gasteiger partial charge in [0.15, 0.2) is 0 Å². The molecule has 4 nitrogen and oxygen atoms in total. The van der Waals surface area contributed by atoms with Gasteiger partial charge in [-0.15, -0.1) is 0 Å². The second-order valence-corrected chi connectivity index (χ2v) is 4.43. The van der Waals surface area contributed by atoms with Gasteiger partial charge in [-0.2, -0.15) is 0 Å². The third kappa shape index (κ3) is 2.20. The number of carboxylic acids is 1. The first-order chi connectivity index (χ1) is 8.09. The highest BCUT2D eigenvalue weighted by Gasteiger charge is 2.49. The van der Waals surface area contributed by atoms with Crippen LogP contribution in [0.2, 0.25) is 0 Å². The summed E-state index contributed by atoms with van der Waals surface area (Å²) in [5, 5.41) is 18.9. The zero-order chi connectivity index (χ0) is 12.5. The molecule has 0 aromatic heterocycles. The number of carboxylic acid groups (broad SMARTS) is 1. The summed E-state index contributed by atoms with van der Waals surface area (Å²) in [6, 6.07) is 5.07. The van der Waals surface area contributed by atoms with Crippen molar-refractivity contribution in [3.8, 4) is 11.5 Å². The van der Waals surface area contributed by atoms with Gasteiger partial charge in [-0.05, 0) is 31.9 Å². The molecule has 92 valence electrons. The zero-order valence-electron chi connectivity index (χ0n) is 9.77. The van der Waals surface area contributed by atoms with Crippen LogP contribution in [0, 0.1) is 0 Å². The maximum atomic E-state index is 10.9. The number of phenols is 1. The van der Waals surface area contributed by atoms with Gasteiger partial charge in [-0.25, -0.2) is 0 Å². The maximum Gasteiger partial charge on any atom is 0.304 e. The molecule has 1 saturated carbocycles. The van der Waals surface area contributed by atoms with Crippen LogP contribution in [0.15, 0.2) is 18.2 Å². The summed E-state index contributed by atoms with van der Waals surface area (Å²) in [6.45, 7) is 2.37. The minimum atomic E-state index is -0.840. The predicted molar refractivity (Wildman–Crippen MR) is 62.4 cm³/mol. The number of benzene rings is 1. The van der Waals surface area contributed by atoms with Crippen molar-refractivity contribution in [1.29, 1.82) is 0 Å². The first kappa shape index (κ1) is 11.8. The molecule has 0 amide bonds. The van der Waals surface area contributed by atoms with Crippen LogP contribution in [0.3, 0.4) is 0 Å². The van der Waals surface area contributed by atoms with Crippen LogP contribution in [0.25, 0.3) is 0 Å². The summed E-state index contributed by atoms with van der Waals surface area (Å²) in [4.78, 5) is 10.9. The van der Waals surface area contributed by atoms with Crippen molar-refractivity contribution in [1.82, 2.24) is 0 Å². The van der Waals surface area contributed by atoms with Crippen molar-refractivity contribution in [2.45, 2.75) is 31.6 Å². The Morgan fingerprint density at radius 1 is 1.47 bits per heavy atom. The zero-order valence-corrected chi connectivity index (χ0v) is 9.77. The Kier molecular flexibility index (Phi) is 2.96. The predicted octanol–water partition coefficient (Wildman–Crippen LogP) is 2.30. The molecule has 0 unspecified atom stereocenters. The highest BCUT2D eigenvalue weighted by atomic mass is 16.5. The van der Waals surface area contributed by atoms with Crippen LogP contribution in [-0.4, -0.2) is 22.8 Å². The molecule has 0 atom stereocenters. The van der Waals surface area contributed by atoms with Crippen LogP contribution in [0.5, 0.6) is 11.5 Å². The molecule has 0 spiro atoms. The van der Waals surface area contributed by atoms with E-state index in [2.05, 4.69) is 0 Å². The Hall–Kier alpha value is -1.71. The Balaban J connectivity index is 2.39. The number of aliphatic carboxylic acids is 1. The van der Waals surface area contributed by atoms with E-state index in [1.807, 2.05) is 6.92 Å². The van der Waals surface area contributed by atoms with Gasteiger partial charge in [-0.1, -0.05) is 6.07 Å². The van der Waals surface area contributed by atoms with E-state index >= 15 is 0 Å². The van der Waals surface area contributed by atoms with E-state index in [-0.39, 0.29) is 12.2 Å². The van der Waals surface area contributed by atoms with Crippen molar-refractivity contribution in [3.05, 3.63) is 23.8 Å². The highest BCUT2D eigenvalue weighted by Crippen LogP contribution is 2.56. The van der Waals surface area contributed by atoms with E-state index in [1.54, 1.807) is 18.2 Å². The number of ether oxygens (including phenoxy) is 1. The lowest BCUT2D eigenvalue weighted by Gasteiger charge is -2.19. The molecule has 1 aromatic carbocycles. The Bertz CT molecular complexity index is 435. The monoisotopic (exact) mass is 236 g/mol. The van der Waals surface area contributed by atoms with Crippen LogP contribution in [-0.2, 0) is 10.2 Å². The van der Waals surface area contributed by atoms with Crippen LogP contribution in [0.1, 0.15) is 31.7 Å². The van der Waals surface area contributed by atoms with Crippen molar-refractivity contribution >= 4 is 5.97 Å². The number of aromatic hydroxyl groups is 1. The number of hydrogen-bond donors (Lipinski definition) is 2. The largest absolute Gasteiger partial charge is 0.508 e. The fourth-order valence-electron chi connectivity index (χ4n) is 2.28. The summed E-state index contributed by atoms with van der Waals surface area (Å²) < 4.78 is 5.47. The molecule has 2 N–H and O–H groups in total. The number of rotatable bonds is 5. The topological polar surface area (TPSA) is 66.8 Å². The third-order valence-electron chi connectivity index (χ3n) is 3.18. The lowest BCUT2D eigenvalue weighted by Crippen LogP contribution is -2.14. The third-order valence-corrected chi connectivity index (χ3v) is 3.18. The minimum Gasteiger partial charge on any atom is -0.508 e. The van der Waals surface area contributed by atoms with Crippen molar-refractivity contribution in [2.75, 3.05) is 6.61 Å². The SMILES string of the molecule is CCOc1cccc(O)c1C1(CC(=O)O)CC1. The summed E-state index contributed by atoms with van der Waals surface area (Å²) >= 11 is 0. The van der Waals surface area contributed by atoms with Gasteiger partial charge in [0.05, 0.1) is 13.0 Å². The van der Waals surface area contributed by atoms with E-state index in [9.17, 15) is 9.90 Å². The van der Waals surface area contributed by atoms with E-state index in [0.29, 0.717) is 17.9 Å². The average Bonchev–Trinajstić information content (AvgIpc) is 2.98. The Morgan fingerprint density at radius 2 is 2.18 bits per heavy atom. The average molecular weight is 236 g/mol. The standard InChI is InChI=1S/C13H16O4/c1-2-17-10-5-3-4-9(14)12(10)13(6-7-13)8-11(15)16/h3-5,14H,2,6-8H2,1H3,(H,15,16). The van der Waals surface area contributed by atoms with Crippen LogP contribution < -0.4 is 4.74 Å². The molecule has 1 aliphatic carbocycles. The molecule has 1 aliphatic rings. The Labute approximate surface area is 99.8 Å². The summed E-state index contributed by atoms with van der Waals surface area (Å²) in [7, 11) is 0. The van der Waals surface area contributed by atoms with Crippen LogP contribution >= 0.6 is 0 Å². The van der Waals surface area contributed by atoms with E-state index in [4.69, 9.17) is 9.84 Å². The van der Waals surface area contributed by atoms with Gasteiger partial charge in [0.25, 0.3) is 0 Å². The van der Waals surface area contributed by atoms with Crippen molar-refractivity contribution in [3.63, 3.8) is 0 Å². The van der Waals surface area contributed by atoms with Crippen LogP contribution in [0.4, 0.5) is 0 Å². The lowest BCUT2D eigenvalue weighted by atomic mass is 9.90. The van der Waals surface area contributed by atoms with Gasteiger partial charge in [-0.3, -0.25) is 4.79 Å². The van der Waals surface area contributed by atoms with E-state index in [0.717, 1.165) is 12.8 Å². The number of phenolic OH excluding ortho intramolecular Hbond substituents is 1. The summed E-state index contributed by atoms with van der Waals surface area (Å²) in [6.07, 6.45) is 1.62. The maximum absolute atomic E-state index is 10.9. The summed E-state index contributed by atoms with van der Waals surface area (Å²) in [5.41, 5.74) is 0.228. The van der Waals surface area contributed by atoms with E-state index < -0.39 is 11.4 Å². The molecule has 0 radical (unpaired) electrons.